The molecule has 0 unspecified atom stereocenters. The molecule has 1 amide bonds. The zero-order valence-electron chi connectivity index (χ0n) is 13.7. The van der Waals surface area contributed by atoms with Crippen LogP contribution in [0.25, 0.3) is 16.0 Å². The van der Waals surface area contributed by atoms with Crippen LogP contribution in [0.1, 0.15) is 17.4 Å². The smallest absolute Gasteiger partial charge is 0.277 e. The normalized spacial score (nSPS) is 10.8. The van der Waals surface area contributed by atoms with Gasteiger partial charge in [-0.3, -0.25) is 10.1 Å². The van der Waals surface area contributed by atoms with E-state index >= 15 is 0 Å². The number of ether oxygens (including phenoxy) is 1. The molecule has 4 aromatic rings. The van der Waals surface area contributed by atoms with Gasteiger partial charge in [-0.15, -0.1) is 10.2 Å². The molecule has 0 fully saturated rings. The lowest BCUT2D eigenvalue weighted by Gasteiger charge is -2.01. The number of rotatable bonds is 5. The lowest BCUT2D eigenvalue weighted by Crippen LogP contribution is -2.14. The largest absolute Gasteiger partial charge is 0.494 e. The molecule has 0 aliphatic heterocycles. The molecule has 130 valence electrons. The minimum atomic E-state index is -0.383. The van der Waals surface area contributed by atoms with E-state index in [1.807, 2.05) is 25.1 Å². The number of benzene rings is 1. The van der Waals surface area contributed by atoms with Crippen molar-refractivity contribution in [2.75, 3.05) is 11.9 Å². The van der Waals surface area contributed by atoms with E-state index in [1.54, 1.807) is 12.1 Å². The van der Waals surface area contributed by atoms with E-state index in [4.69, 9.17) is 4.74 Å². The zero-order valence-corrected chi connectivity index (χ0v) is 14.5. The summed E-state index contributed by atoms with van der Waals surface area (Å²) in [5.41, 5.74) is 0.976. The molecule has 4 rings (SSSR count). The van der Waals surface area contributed by atoms with E-state index in [1.165, 1.54) is 28.7 Å². The van der Waals surface area contributed by atoms with Gasteiger partial charge in [-0.2, -0.15) is 5.10 Å². The third-order valence-electron chi connectivity index (χ3n) is 3.43. The number of aromatic nitrogens is 6. The average Bonchev–Trinajstić information content (AvgIpc) is 3.31. The van der Waals surface area contributed by atoms with Gasteiger partial charge in [-0.1, -0.05) is 11.3 Å². The van der Waals surface area contributed by atoms with Crippen molar-refractivity contribution < 1.29 is 9.53 Å². The van der Waals surface area contributed by atoms with E-state index in [9.17, 15) is 4.79 Å². The van der Waals surface area contributed by atoms with E-state index < -0.39 is 0 Å². The topological polar surface area (TPSA) is 108 Å². The van der Waals surface area contributed by atoms with Gasteiger partial charge in [-0.25, -0.2) is 14.6 Å². The Balaban J connectivity index is 1.51. The van der Waals surface area contributed by atoms with E-state index in [0.717, 1.165) is 16.0 Å². The Hall–Kier alpha value is -3.40. The average molecular weight is 367 g/mol. The maximum absolute atomic E-state index is 12.4. The Morgan fingerprint density at radius 3 is 2.92 bits per heavy atom. The van der Waals surface area contributed by atoms with E-state index in [0.29, 0.717) is 17.6 Å². The standard InChI is InChI=1S/C16H13N7O2S/c1-2-25-10-3-4-11-13(7-10)26-16(19-11)20-15(24)12-5-6-14(22-21-12)23-9-17-8-18-23/h3-9H,2H2,1H3,(H,19,20,24). The van der Waals surface area contributed by atoms with Crippen molar-refractivity contribution in [3.63, 3.8) is 0 Å². The molecule has 1 aromatic carbocycles. The lowest BCUT2D eigenvalue weighted by atomic mass is 10.3. The summed E-state index contributed by atoms with van der Waals surface area (Å²) in [4.78, 5) is 20.6. The second kappa shape index (κ2) is 6.84. The summed E-state index contributed by atoms with van der Waals surface area (Å²) in [6.07, 6.45) is 2.90. The summed E-state index contributed by atoms with van der Waals surface area (Å²) in [7, 11) is 0. The van der Waals surface area contributed by atoms with Crippen molar-refractivity contribution in [2.24, 2.45) is 0 Å². The molecule has 1 N–H and O–H groups in total. The predicted molar refractivity (Wildman–Crippen MR) is 95.7 cm³/mol. The second-order valence-electron chi connectivity index (χ2n) is 5.15. The fraction of sp³-hybridized carbons (Fsp3) is 0.125. The number of carbonyl (C=O) groups excluding carboxylic acids is 1. The Labute approximate surface area is 151 Å². The first-order chi connectivity index (χ1) is 12.7. The van der Waals surface area contributed by atoms with Crippen LogP contribution >= 0.6 is 11.3 Å². The summed E-state index contributed by atoms with van der Waals surface area (Å²) < 4.78 is 7.86. The number of amides is 1. The van der Waals surface area contributed by atoms with Gasteiger partial charge in [0.25, 0.3) is 5.91 Å². The number of thiazole rings is 1. The highest BCUT2D eigenvalue weighted by atomic mass is 32.1. The van der Waals surface area contributed by atoms with Crippen LogP contribution in [0.15, 0.2) is 43.0 Å². The van der Waals surface area contributed by atoms with Crippen LogP contribution in [0.3, 0.4) is 0 Å². The predicted octanol–water partition coefficient (Wildman–Crippen LogP) is 2.32. The van der Waals surface area contributed by atoms with Crippen molar-refractivity contribution in [3.05, 3.63) is 48.7 Å². The SMILES string of the molecule is CCOc1ccc2nc(NC(=O)c3ccc(-n4cncn4)nn3)sc2c1. The molecular formula is C16H13N7O2S. The number of nitrogens with zero attached hydrogens (tertiary/aromatic N) is 6. The van der Waals surface area contributed by atoms with Gasteiger partial charge in [0.15, 0.2) is 16.6 Å². The van der Waals surface area contributed by atoms with Crippen LogP contribution in [0, 0.1) is 0 Å². The molecule has 26 heavy (non-hydrogen) atoms. The first kappa shape index (κ1) is 16.1. The van der Waals surface area contributed by atoms with Crippen LogP contribution < -0.4 is 10.1 Å². The molecule has 0 aliphatic carbocycles. The van der Waals surface area contributed by atoms with Crippen molar-refractivity contribution in [1.29, 1.82) is 0 Å². The second-order valence-corrected chi connectivity index (χ2v) is 6.18. The zero-order chi connectivity index (χ0) is 17.9. The monoisotopic (exact) mass is 367 g/mol. The van der Waals surface area contributed by atoms with Crippen LogP contribution in [0.4, 0.5) is 5.13 Å². The van der Waals surface area contributed by atoms with Crippen molar-refractivity contribution in [3.8, 4) is 11.6 Å². The Kier molecular flexibility index (Phi) is 4.23. The van der Waals surface area contributed by atoms with Gasteiger partial charge in [0, 0.05) is 0 Å². The molecule has 3 heterocycles. The summed E-state index contributed by atoms with van der Waals surface area (Å²) >= 11 is 1.37. The molecular weight excluding hydrogens is 354 g/mol. The molecule has 3 aromatic heterocycles. The van der Waals surface area contributed by atoms with Gasteiger partial charge in [0.05, 0.1) is 16.8 Å². The molecule has 0 spiro atoms. The van der Waals surface area contributed by atoms with Crippen molar-refractivity contribution in [2.45, 2.75) is 6.92 Å². The van der Waals surface area contributed by atoms with Crippen LogP contribution in [0.5, 0.6) is 5.75 Å². The first-order valence-electron chi connectivity index (χ1n) is 7.76. The van der Waals surface area contributed by atoms with Gasteiger partial charge < -0.3 is 4.74 Å². The number of nitrogens with one attached hydrogen (secondary N) is 1. The van der Waals surface area contributed by atoms with E-state index in [-0.39, 0.29) is 11.6 Å². The quantitative estimate of drug-likeness (QED) is 0.577. The summed E-state index contributed by atoms with van der Waals surface area (Å²) in [5.74, 6) is 0.866. The van der Waals surface area contributed by atoms with Crippen LogP contribution in [-0.4, -0.2) is 42.5 Å². The van der Waals surface area contributed by atoms with Gasteiger partial charge in [0.2, 0.25) is 0 Å². The third kappa shape index (κ3) is 3.22. The van der Waals surface area contributed by atoms with Gasteiger partial charge >= 0.3 is 0 Å². The Morgan fingerprint density at radius 1 is 1.27 bits per heavy atom. The van der Waals surface area contributed by atoms with Gasteiger partial charge in [0.1, 0.15) is 18.4 Å². The number of anilines is 1. The molecule has 9 nitrogen and oxygen atoms in total. The Bertz CT molecular complexity index is 1040. The Morgan fingerprint density at radius 2 is 2.19 bits per heavy atom. The minimum Gasteiger partial charge on any atom is -0.494 e. The number of hydrogen-bond acceptors (Lipinski definition) is 8. The van der Waals surface area contributed by atoms with Gasteiger partial charge in [-0.05, 0) is 37.3 Å². The fourth-order valence-electron chi connectivity index (χ4n) is 2.27. The molecule has 10 heteroatoms. The molecule has 0 saturated carbocycles. The van der Waals surface area contributed by atoms with Crippen LogP contribution in [-0.2, 0) is 0 Å². The molecule has 0 saturated heterocycles. The summed E-state index contributed by atoms with van der Waals surface area (Å²) in [6.45, 7) is 2.52. The molecule has 0 bridgehead atoms. The number of carbonyl (C=O) groups is 1. The highest BCUT2D eigenvalue weighted by molar-refractivity contribution is 7.22. The highest BCUT2D eigenvalue weighted by Crippen LogP contribution is 2.29. The van der Waals surface area contributed by atoms with E-state index in [2.05, 4.69) is 30.6 Å². The fourth-order valence-corrected chi connectivity index (χ4v) is 3.16. The third-order valence-corrected chi connectivity index (χ3v) is 4.36. The van der Waals surface area contributed by atoms with Crippen LogP contribution in [0.2, 0.25) is 0 Å². The molecule has 0 aliphatic rings. The number of hydrogen-bond donors (Lipinski definition) is 1. The van der Waals surface area contributed by atoms with Crippen molar-refractivity contribution in [1.82, 2.24) is 29.9 Å². The number of fused-ring (bicyclic) bond motifs is 1. The first-order valence-corrected chi connectivity index (χ1v) is 8.58. The maximum atomic E-state index is 12.4. The minimum absolute atomic E-state index is 0.183. The maximum Gasteiger partial charge on any atom is 0.277 e. The van der Waals surface area contributed by atoms with Crippen molar-refractivity contribution >= 4 is 32.6 Å². The summed E-state index contributed by atoms with van der Waals surface area (Å²) in [5, 5.41) is 15.1. The highest BCUT2D eigenvalue weighted by Gasteiger charge is 2.13. The lowest BCUT2D eigenvalue weighted by molar-refractivity contribution is 0.102. The molecule has 0 atom stereocenters. The summed E-state index contributed by atoms with van der Waals surface area (Å²) in [6, 6.07) is 8.83. The molecule has 0 radical (unpaired) electrons.